The van der Waals surface area contributed by atoms with E-state index in [1.165, 1.54) is 0 Å². The number of amides is 1. The van der Waals surface area contributed by atoms with Crippen LogP contribution in [0, 0.1) is 0 Å². The van der Waals surface area contributed by atoms with Gasteiger partial charge in [0.15, 0.2) is 0 Å². The summed E-state index contributed by atoms with van der Waals surface area (Å²) in [6.07, 6.45) is 2.64. The number of hydrogen-bond donors (Lipinski definition) is 2. The SMILES string of the molecule is CC(O)CN(C)NC(=O)c1ccncc1. The van der Waals surface area contributed by atoms with Crippen molar-refractivity contribution in [1.29, 1.82) is 0 Å². The molecule has 0 fully saturated rings. The highest BCUT2D eigenvalue weighted by Crippen LogP contribution is 1.96. The summed E-state index contributed by atoms with van der Waals surface area (Å²) >= 11 is 0. The number of aliphatic hydroxyl groups excluding tert-OH is 1. The van der Waals surface area contributed by atoms with Crippen LogP contribution in [0.5, 0.6) is 0 Å². The average Bonchev–Trinajstić information content (AvgIpc) is 2.17. The predicted octanol–water partition coefficient (Wildman–Crippen LogP) is 0.0390. The van der Waals surface area contributed by atoms with Gasteiger partial charge in [0.2, 0.25) is 0 Å². The molecule has 2 N–H and O–H groups in total. The lowest BCUT2D eigenvalue weighted by molar-refractivity contribution is 0.0729. The summed E-state index contributed by atoms with van der Waals surface area (Å²) < 4.78 is 0. The monoisotopic (exact) mass is 209 g/mol. The molecule has 1 heterocycles. The summed E-state index contributed by atoms with van der Waals surface area (Å²) in [6, 6.07) is 3.26. The van der Waals surface area contributed by atoms with E-state index in [1.54, 1.807) is 43.5 Å². The highest BCUT2D eigenvalue weighted by atomic mass is 16.3. The zero-order chi connectivity index (χ0) is 11.3. The van der Waals surface area contributed by atoms with Crippen molar-refractivity contribution in [1.82, 2.24) is 15.4 Å². The molecule has 1 aromatic rings. The third-order valence-electron chi connectivity index (χ3n) is 1.77. The largest absolute Gasteiger partial charge is 0.392 e. The Bertz CT molecular complexity index is 314. The standard InChI is InChI=1S/C10H15N3O2/c1-8(14)7-13(2)12-10(15)9-3-5-11-6-4-9/h3-6,8,14H,7H2,1-2H3,(H,12,15). The second-order valence-electron chi connectivity index (χ2n) is 3.41. The van der Waals surface area contributed by atoms with Crippen LogP contribution in [-0.2, 0) is 0 Å². The van der Waals surface area contributed by atoms with E-state index in [1.807, 2.05) is 0 Å². The average molecular weight is 209 g/mol. The van der Waals surface area contributed by atoms with E-state index in [9.17, 15) is 4.79 Å². The second-order valence-corrected chi connectivity index (χ2v) is 3.41. The van der Waals surface area contributed by atoms with Gasteiger partial charge in [-0.25, -0.2) is 5.01 Å². The van der Waals surface area contributed by atoms with Gasteiger partial charge < -0.3 is 5.11 Å². The fourth-order valence-corrected chi connectivity index (χ4v) is 1.18. The molecule has 0 aromatic carbocycles. The van der Waals surface area contributed by atoms with Crippen LogP contribution in [0.3, 0.4) is 0 Å². The van der Waals surface area contributed by atoms with Crippen LogP contribution in [0.15, 0.2) is 24.5 Å². The minimum atomic E-state index is -0.479. The molecule has 0 aliphatic rings. The zero-order valence-electron chi connectivity index (χ0n) is 8.84. The van der Waals surface area contributed by atoms with Crippen molar-refractivity contribution in [2.45, 2.75) is 13.0 Å². The first kappa shape index (κ1) is 11.6. The normalized spacial score (nSPS) is 12.5. The molecule has 15 heavy (non-hydrogen) atoms. The smallest absolute Gasteiger partial charge is 0.265 e. The number of rotatable bonds is 4. The maximum Gasteiger partial charge on any atom is 0.265 e. The van der Waals surface area contributed by atoms with Crippen LogP contribution >= 0.6 is 0 Å². The fourth-order valence-electron chi connectivity index (χ4n) is 1.18. The Morgan fingerprint density at radius 1 is 1.60 bits per heavy atom. The Kier molecular flexibility index (Phi) is 4.20. The third-order valence-corrected chi connectivity index (χ3v) is 1.77. The van der Waals surface area contributed by atoms with Crippen molar-refractivity contribution in [3.63, 3.8) is 0 Å². The van der Waals surface area contributed by atoms with Gasteiger partial charge in [-0.2, -0.15) is 0 Å². The topological polar surface area (TPSA) is 65.5 Å². The van der Waals surface area contributed by atoms with Gasteiger partial charge in [0, 0.05) is 31.5 Å². The lowest BCUT2D eigenvalue weighted by atomic mass is 10.2. The van der Waals surface area contributed by atoms with Crippen LogP contribution in [0.25, 0.3) is 0 Å². The van der Waals surface area contributed by atoms with E-state index in [0.717, 1.165) is 0 Å². The van der Waals surface area contributed by atoms with Gasteiger partial charge >= 0.3 is 0 Å². The van der Waals surface area contributed by atoms with E-state index in [2.05, 4.69) is 10.4 Å². The molecule has 0 spiro atoms. The molecular weight excluding hydrogens is 194 g/mol. The van der Waals surface area contributed by atoms with Crippen molar-refractivity contribution in [2.24, 2.45) is 0 Å². The summed E-state index contributed by atoms with van der Waals surface area (Å²) in [5, 5.41) is 10.7. The Hall–Kier alpha value is -1.46. The Balaban J connectivity index is 2.49. The third kappa shape index (κ3) is 4.05. The molecule has 1 aromatic heterocycles. The molecule has 1 amide bonds. The molecule has 0 saturated carbocycles. The first-order valence-corrected chi connectivity index (χ1v) is 4.70. The summed E-state index contributed by atoms with van der Waals surface area (Å²) in [5.74, 6) is -0.208. The van der Waals surface area contributed by atoms with Gasteiger partial charge in [-0.1, -0.05) is 0 Å². The summed E-state index contributed by atoms with van der Waals surface area (Å²) in [5.41, 5.74) is 3.18. The number of nitrogens with one attached hydrogen (secondary N) is 1. The molecule has 1 unspecified atom stereocenters. The first-order valence-electron chi connectivity index (χ1n) is 4.70. The highest BCUT2D eigenvalue weighted by Gasteiger charge is 2.08. The Morgan fingerprint density at radius 2 is 2.20 bits per heavy atom. The summed E-state index contributed by atoms with van der Waals surface area (Å²) in [4.78, 5) is 15.4. The van der Waals surface area contributed by atoms with Crippen molar-refractivity contribution in [3.05, 3.63) is 30.1 Å². The molecular formula is C10H15N3O2. The molecule has 0 radical (unpaired) electrons. The lowest BCUT2D eigenvalue weighted by Gasteiger charge is -2.19. The van der Waals surface area contributed by atoms with E-state index in [4.69, 9.17) is 5.11 Å². The van der Waals surface area contributed by atoms with Gasteiger partial charge in [-0.05, 0) is 19.1 Å². The maximum atomic E-state index is 11.6. The van der Waals surface area contributed by atoms with Crippen molar-refractivity contribution in [2.75, 3.05) is 13.6 Å². The van der Waals surface area contributed by atoms with Crippen LogP contribution in [0.4, 0.5) is 0 Å². The van der Waals surface area contributed by atoms with Crippen LogP contribution < -0.4 is 5.43 Å². The van der Waals surface area contributed by atoms with Crippen LogP contribution in [0.1, 0.15) is 17.3 Å². The molecule has 82 valence electrons. The van der Waals surface area contributed by atoms with E-state index < -0.39 is 6.10 Å². The van der Waals surface area contributed by atoms with Crippen molar-refractivity contribution in [3.8, 4) is 0 Å². The number of likely N-dealkylation sites (N-methyl/N-ethyl adjacent to an activating group) is 1. The first-order chi connectivity index (χ1) is 7.09. The molecule has 0 aliphatic heterocycles. The summed E-state index contributed by atoms with van der Waals surface area (Å²) in [7, 11) is 1.70. The number of aliphatic hydroxyl groups is 1. The van der Waals surface area contributed by atoms with Gasteiger partial charge in [0.1, 0.15) is 0 Å². The number of aromatic nitrogens is 1. The molecule has 0 aliphatic carbocycles. The van der Waals surface area contributed by atoms with Crippen molar-refractivity contribution >= 4 is 5.91 Å². The Labute approximate surface area is 88.7 Å². The molecule has 1 atom stereocenters. The molecule has 5 heteroatoms. The minimum Gasteiger partial charge on any atom is -0.392 e. The van der Waals surface area contributed by atoms with Gasteiger partial charge in [-0.15, -0.1) is 0 Å². The number of carbonyl (C=O) groups is 1. The second kappa shape index (κ2) is 5.43. The molecule has 5 nitrogen and oxygen atoms in total. The van der Waals surface area contributed by atoms with Crippen LogP contribution in [0.2, 0.25) is 0 Å². The number of hydrogen-bond acceptors (Lipinski definition) is 4. The van der Waals surface area contributed by atoms with Crippen LogP contribution in [-0.4, -0.2) is 40.7 Å². The predicted molar refractivity (Wildman–Crippen MR) is 56.0 cm³/mol. The quantitative estimate of drug-likeness (QED) is 0.687. The summed E-state index contributed by atoms with van der Waals surface area (Å²) in [6.45, 7) is 2.05. The molecule has 0 saturated heterocycles. The number of carbonyl (C=O) groups excluding carboxylic acids is 1. The zero-order valence-corrected chi connectivity index (χ0v) is 8.84. The fraction of sp³-hybridized carbons (Fsp3) is 0.400. The number of pyridine rings is 1. The van der Waals surface area contributed by atoms with E-state index >= 15 is 0 Å². The maximum absolute atomic E-state index is 11.6. The molecule has 1 rings (SSSR count). The minimum absolute atomic E-state index is 0.208. The van der Waals surface area contributed by atoms with E-state index in [0.29, 0.717) is 12.1 Å². The van der Waals surface area contributed by atoms with Gasteiger partial charge in [0.05, 0.1) is 6.10 Å². The lowest BCUT2D eigenvalue weighted by Crippen LogP contribution is -2.42. The van der Waals surface area contributed by atoms with Gasteiger partial charge in [-0.3, -0.25) is 15.2 Å². The molecule has 0 bridgehead atoms. The van der Waals surface area contributed by atoms with Gasteiger partial charge in [0.25, 0.3) is 5.91 Å². The Morgan fingerprint density at radius 3 is 2.73 bits per heavy atom. The van der Waals surface area contributed by atoms with E-state index in [-0.39, 0.29) is 5.91 Å². The highest BCUT2D eigenvalue weighted by molar-refractivity contribution is 5.93. The number of hydrazine groups is 1. The van der Waals surface area contributed by atoms with Crippen molar-refractivity contribution < 1.29 is 9.90 Å². The number of nitrogens with zero attached hydrogens (tertiary/aromatic N) is 2.